The smallest absolute Gasteiger partial charge is 0.152 e. The highest BCUT2D eigenvalue weighted by Gasteiger charge is 2.35. The molecule has 1 aliphatic carbocycles. The highest BCUT2D eigenvalue weighted by atomic mass is 16.2. The van der Waals surface area contributed by atoms with Crippen LogP contribution in [-0.4, -0.2) is 11.6 Å². The summed E-state index contributed by atoms with van der Waals surface area (Å²) in [6.07, 6.45) is 2.87. The molecule has 0 unspecified atom stereocenters. The number of carbonyl (C=O) groups excluding carboxylic acids is 2. The summed E-state index contributed by atoms with van der Waals surface area (Å²) in [6.45, 7) is 7.20. The van der Waals surface area contributed by atoms with Crippen LogP contribution in [0.1, 0.15) is 19.3 Å². The van der Waals surface area contributed by atoms with Gasteiger partial charge in [0.15, 0.2) is 11.6 Å². The maximum Gasteiger partial charge on any atom is 0.152 e. The van der Waals surface area contributed by atoms with Crippen LogP contribution in [0.2, 0.25) is 0 Å². The summed E-state index contributed by atoms with van der Waals surface area (Å²) >= 11 is 0. The van der Waals surface area contributed by atoms with E-state index < -0.39 is 0 Å². The van der Waals surface area contributed by atoms with E-state index in [4.69, 9.17) is 0 Å². The Morgan fingerprint density at radius 3 is 2.25 bits per heavy atom. The highest BCUT2D eigenvalue weighted by Crippen LogP contribution is 2.27. The Hall–Kier alpha value is -1.18. The van der Waals surface area contributed by atoms with E-state index in [1.165, 1.54) is 0 Å². The van der Waals surface area contributed by atoms with Gasteiger partial charge >= 0.3 is 0 Å². The van der Waals surface area contributed by atoms with E-state index in [1.807, 2.05) is 0 Å². The minimum absolute atomic E-state index is 0.0631. The first-order valence-corrected chi connectivity index (χ1v) is 3.89. The van der Waals surface area contributed by atoms with Crippen LogP contribution in [0.15, 0.2) is 24.8 Å². The molecule has 0 bridgehead atoms. The summed E-state index contributed by atoms with van der Waals surface area (Å²) in [5.74, 6) is 0.189. The third-order valence-corrected chi connectivity index (χ3v) is 1.88. The molecule has 2 nitrogen and oxygen atoms in total. The van der Waals surface area contributed by atoms with Gasteiger partial charge in [0, 0.05) is 12.8 Å². The third-order valence-electron chi connectivity index (χ3n) is 1.88. The fourth-order valence-electron chi connectivity index (χ4n) is 1.30. The van der Waals surface area contributed by atoms with Crippen LogP contribution in [0.4, 0.5) is 0 Å². The van der Waals surface area contributed by atoms with Gasteiger partial charge in [0.2, 0.25) is 0 Å². The second-order valence-electron chi connectivity index (χ2n) is 2.82. The Labute approximate surface area is 72.0 Å². The molecule has 0 spiro atoms. The minimum Gasteiger partial charge on any atom is -0.298 e. The standard InChI is InChI=1S/C10H11O2/c1-3-4-7(2)10-8(11)5-6-9(10)12/h3H,1-2,4-6H2. The molecule has 0 aromatic heterocycles. The van der Waals surface area contributed by atoms with Crippen molar-refractivity contribution >= 4 is 11.6 Å². The second kappa shape index (κ2) is 3.48. The lowest BCUT2D eigenvalue weighted by Crippen LogP contribution is -2.13. The Bertz CT molecular complexity index is 235. The van der Waals surface area contributed by atoms with Crippen LogP contribution in [0, 0.1) is 5.92 Å². The Morgan fingerprint density at radius 2 is 1.83 bits per heavy atom. The van der Waals surface area contributed by atoms with Crippen molar-refractivity contribution in [2.45, 2.75) is 19.3 Å². The first-order chi connectivity index (χ1) is 5.66. The molecule has 1 aliphatic rings. The summed E-state index contributed by atoms with van der Waals surface area (Å²) in [5, 5.41) is 0. The van der Waals surface area contributed by atoms with E-state index in [-0.39, 0.29) is 11.6 Å². The van der Waals surface area contributed by atoms with Crippen molar-refractivity contribution in [3.05, 3.63) is 30.7 Å². The number of rotatable bonds is 3. The van der Waals surface area contributed by atoms with Gasteiger partial charge in [0.05, 0.1) is 0 Å². The van der Waals surface area contributed by atoms with Crippen molar-refractivity contribution in [3.8, 4) is 0 Å². The fourth-order valence-corrected chi connectivity index (χ4v) is 1.30. The molecular weight excluding hydrogens is 152 g/mol. The SMILES string of the molecule is C=CCC(=C)[C]1C(=O)CCC1=O. The normalized spacial score (nSPS) is 18.3. The van der Waals surface area contributed by atoms with Gasteiger partial charge in [0.1, 0.15) is 5.92 Å². The number of allylic oxidation sites excluding steroid dienone is 2. The quantitative estimate of drug-likeness (QED) is 0.592. The molecule has 1 rings (SSSR count). The van der Waals surface area contributed by atoms with Gasteiger partial charge in [-0.3, -0.25) is 9.59 Å². The van der Waals surface area contributed by atoms with E-state index in [1.54, 1.807) is 6.08 Å². The number of hydrogen-bond acceptors (Lipinski definition) is 2. The predicted octanol–water partition coefficient (Wildman–Crippen LogP) is 1.63. The summed E-state index contributed by atoms with van der Waals surface area (Å²) in [7, 11) is 0. The predicted molar refractivity (Wildman–Crippen MR) is 46.4 cm³/mol. The molecule has 63 valence electrons. The largest absolute Gasteiger partial charge is 0.298 e. The zero-order chi connectivity index (χ0) is 9.14. The highest BCUT2D eigenvalue weighted by molar-refractivity contribution is 6.24. The lowest BCUT2D eigenvalue weighted by atomic mass is 9.95. The average molecular weight is 163 g/mol. The fraction of sp³-hybridized carbons (Fsp3) is 0.300. The molecular formula is C10H11O2. The number of hydrogen-bond donors (Lipinski definition) is 0. The molecule has 0 amide bonds. The topological polar surface area (TPSA) is 34.1 Å². The first kappa shape index (κ1) is 8.91. The van der Waals surface area contributed by atoms with Gasteiger partial charge in [0.25, 0.3) is 0 Å². The van der Waals surface area contributed by atoms with Gasteiger partial charge < -0.3 is 0 Å². The van der Waals surface area contributed by atoms with Crippen molar-refractivity contribution in [1.82, 2.24) is 0 Å². The van der Waals surface area contributed by atoms with E-state index in [2.05, 4.69) is 13.2 Å². The summed E-state index contributed by atoms with van der Waals surface area (Å²) < 4.78 is 0. The van der Waals surface area contributed by atoms with Gasteiger partial charge in [-0.1, -0.05) is 18.2 Å². The van der Waals surface area contributed by atoms with Gasteiger partial charge in [-0.25, -0.2) is 0 Å². The first-order valence-electron chi connectivity index (χ1n) is 3.89. The van der Waals surface area contributed by atoms with Crippen molar-refractivity contribution in [1.29, 1.82) is 0 Å². The molecule has 0 aromatic carbocycles. The van der Waals surface area contributed by atoms with Crippen LogP contribution in [0.25, 0.3) is 0 Å². The lowest BCUT2D eigenvalue weighted by molar-refractivity contribution is -0.118. The van der Waals surface area contributed by atoms with Crippen LogP contribution >= 0.6 is 0 Å². The molecule has 0 aliphatic heterocycles. The Kier molecular flexibility index (Phi) is 2.58. The van der Waals surface area contributed by atoms with E-state index in [0.717, 1.165) is 0 Å². The Balaban J connectivity index is 2.72. The zero-order valence-electron chi connectivity index (χ0n) is 6.93. The summed E-state index contributed by atoms with van der Waals surface area (Å²) in [4.78, 5) is 22.3. The number of Topliss-reactive ketones (excluding diaryl/α,β-unsaturated/α-hetero) is 2. The molecule has 0 aromatic rings. The van der Waals surface area contributed by atoms with Gasteiger partial charge in [-0.15, -0.1) is 6.58 Å². The summed E-state index contributed by atoms with van der Waals surface area (Å²) in [6, 6.07) is 0. The van der Waals surface area contributed by atoms with E-state index >= 15 is 0 Å². The van der Waals surface area contributed by atoms with Gasteiger partial charge in [-0.05, 0) is 6.42 Å². The molecule has 2 heteroatoms. The maximum atomic E-state index is 11.1. The minimum atomic E-state index is -0.0631. The van der Waals surface area contributed by atoms with Crippen molar-refractivity contribution in [3.63, 3.8) is 0 Å². The van der Waals surface area contributed by atoms with Gasteiger partial charge in [-0.2, -0.15) is 0 Å². The number of ketones is 2. The van der Waals surface area contributed by atoms with Crippen molar-refractivity contribution in [2.75, 3.05) is 0 Å². The average Bonchev–Trinajstić information content (AvgIpc) is 2.32. The molecule has 1 radical (unpaired) electrons. The number of carbonyl (C=O) groups is 2. The molecule has 0 heterocycles. The monoisotopic (exact) mass is 163 g/mol. The second-order valence-corrected chi connectivity index (χ2v) is 2.82. The molecule has 0 N–H and O–H groups in total. The molecule has 1 fully saturated rings. The molecule has 0 saturated heterocycles. The van der Waals surface area contributed by atoms with E-state index in [9.17, 15) is 9.59 Å². The molecule has 12 heavy (non-hydrogen) atoms. The van der Waals surface area contributed by atoms with Crippen LogP contribution < -0.4 is 0 Å². The van der Waals surface area contributed by atoms with Crippen molar-refractivity contribution < 1.29 is 9.59 Å². The van der Waals surface area contributed by atoms with Crippen LogP contribution in [0.3, 0.4) is 0 Å². The van der Waals surface area contributed by atoms with Crippen LogP contribution in [0.5, 0.6) is 0 Å². The lowest BCUT2D eigenvalue weighted by Gasteiger charge is -2.06. The Morgan fingerprint density at radius 1 is 1.33 bits per heavy atom. The van der Waals surface area contributed by atoms with Crippen molar-refractivity contribution in [2.24, 2.45) is 0 Å². The molecule has 0 atom stereocenters. The maximum absolute atomic E-state index is 11.1. The van der Waals surface area contributed by atoms with Crippen LogP contribution in [-0.2, 0) is 9.59 Å². The molecule has 1 saturated carbocycles. The van der Waals surface area contributed by atoms with E-state index in [0.29, 0.717) is 30.8 Å². The summed E-state index contributed by atoms with van der Waals surface area (Å²) in [5.41, 5.74) is 0.609. The third kappa shape index (κ3) is 1.52. The zero-order valence-corrected chi connectivity index (χ0v) is 6.93.